The van der Waals surface area contributed by atoms with Crippen LogP contribution in [0.2, 0.25) is 0 Å². The SMILES string of the molecule is C=Cc1c(CC)cccc1CCc1cccc(CC)c1C=C. The molecule has 0 aliphatic carbocycles. The Hall–Kier alpha value is -2.08. The van der Waals surface area contributed by atoms with Crippen molar-refractivity contribution < 1.29 is 0 Å². The van der Waals surface area contributed by atoms with E-state index in [4.69, 9.17) is 0 Å². The lowest BCUT2D eigenvalue weighted by Crippen LogP contribution is -2.00. The van der Waals surface area contributed by atoms with E-state index in [-0.39, 0.29) is 0 Å². The molecule has 0 saturated heterocycles. The van der Waals surface area contributed by atoms with Crippen LogP contribution in [0.4, 0.5) is 0 Å². The maximum Gasteiger partial charge on any atom is -0.0198 e. The van der Waals surface area contributed by atoms with Crippen LogP contribution in [0.5, 0.6) is 0 Å². The Morgan fingerprint density at radius 2 is 1.05 bits per heavy atom. The molecule has 0 spiro atoms. The average Bonchev–Trinajstić information content (AvgIpc) is 2.58. The molecule has 2 aromatic rings. The van der Waals surface area contributed by atoms with Crippen molar-refractivity contribution in [3.05, 3.63) is 82.9 Å². The monoisotopic (exact) mass is 290 g/mol. The molecule has 0 aliphatic heterocycles. The van der Waals surface area contributed by atoms with Crippen LogP contribution in [0, 0.1) is 0 Å². The van der Waals surface area contributed by atoms with Crippen molar-refractivity contribution in [1.29, 1.82) is 0 Å². The zero-order chi connectivity index (χ0) is 15.9. The molecule has 0 fully saturated rings. The first-order valence-electron chi connectivity index (χ1n) is 8.21. The third-order valence-electron chi connectivity index (χ3n) is 4.41. The normalized spacial score (nSPS) is 10.5. The van der Waals surface area contributed by atoms with Crippen molar-refractivity contribution in [2.45, 2.75) is 39.5 Å². The molecule has 0 aliphatic rings. The fraction of sp³-hybridized carbons (Fsp3) is 0.273. The van der Waals surface area contributed by atoms with Crippen molar-refractivity contribution >= 4 is 12.2 Å². The summed E-state index contributed by atoms with van der Waals surface area (Å²) in [6.45, 7) is 12.4. The predicted octanol–water partition coefficient (Wildman–Crippen LogP) is 5.88. The van der Waals surface area contributed by atoms with E-state index in [0.29, 0.717) is 0 Å². The van der Waals surface area contributed by atoms with Crippen molar-refractivity contribution in [3.63, 3.8) is 0 Å². The Kier molecular flexibility index (Phi) is 5.77. The van der Waals surface area contributed by atoms with E-state index in [0.717, 1.165) is 25.7 Å². The van der Waals surface area contributed by atoms with E-state index in [1.807, 2.05) is 12.2 Å². The lowest BCUT2D eigenvalue weighted by molar-refractivity contribution is 0.941. The average molecular weight is 290 g/mol. The number of hydrogen-bond acceptors (Lipinski definition) is 0. The number of hydrogen-bond donors (Lipinski definition) is 0. The minimum Gasteiger partial charge on any atom is -0.0984 e. The molecule has 0 aromatic heterocycles. The summed E-state index contributed by atoms with van der Waals surface area (Å²) in [4.78, 5) is 0. The molecule has 0 bridgehead atoms. The van der Waals surface area contributed by atoms with E-state index in [1.54, 1.807) is 0 Å². The van der Waals surface area contributed by atoms with Gasteiger partial charge in [0, 0.05) is 0 Å². The summed E-state index contributed by atoms with van der Waals surface area (Å²) >= 11 is 0. The van der Waals surface area contributed by atoms with E-state index in [2.05, 4.69) is 63.4 Å². The van der Waals surface area contributed by atoms with Crippen molar-refractivity contribution in [2.24, 2.45) is 0 Å². The molecule has 0 heterocycles. The highest BCUT2D eigenvalue weighted by Gasteiger charge is 2.07. The molecule has 114 valence electrons. The van der Waals surface area contributed by atoms with Gasteiger partial charge in [-0.15, -0.1) is 0 Å². The Morgan fingerprint density at radius 3 is 1.36 bits per heavy atom. The highest BCUT2D eigenvalue weighted by molar-refractivity contribution is 5.58. The summed E-state index contributed by atoms with van der Waals surface area (Å²) in [5, 5.41) is 0. The van der Waals surface area contributed by atoms with Crippen LogP contribution >= 0.6 is 0 Å². The first-order chi connectivity index (χ1) is 10.7. The standard InChI is InChI=1S/C22H26/c1-5-17-11-9-13-19(21(17)7-3)15-16-20-14-10-12-18(6-2)22(20)8-4/h7-14H,3-6,15-16H2,1-2H3. The third kappa shape index (κ3) is 3.39. The summed E-state index contributed by atoms with van der Waals surface area (Å²) < 4.78 is 0. The smallest absolute Gasteiger partial charge is 0.0198 e. The van der Waals surface area contributed by atoms with Crippen LogP contribution in [0.1, 0.15) is 47.2 Å². The first kappa shape index (κ1) is 16.3. The van der Waals surface area contributed by atoms with Gasteiger partial charge in [0.05, 0.1) is 0 Å². The maximum atomic E-state index is 4.00. The minimum absolute atomic E-state index is 1.04. The fourth-order valence-electron chi connectivity index (χ4n) is 3.18. The largest absolute Gasteiger partial charge is 0.0984 e. The number of aryl methyl sites for hydroxylation is 4. The molecule has 0 saturated carbocycles. The van der Waals surface area contributed by atoms with Gasteiger partial charge in [0.1, 0.15) is 0 Å². The van der Waals surface area contributed by atoms with Gasteiger partial charge >= 0.3 is 0 Å². The molecular formula is C22H26. The molecule has 0 heteroatoms. The molecule has 2 aromatic carbocycles. The summed E-state index contributed by atoms with van der Waals surface area (Å²) in [6, 6.07) is 13.2. The lowest BCUT2D eigenvalue weighted by atomic mass is 9.92. The van der Waals surface area contributed by atoms with Gasteiger partial charge in [0.15, 0.2) is 0 Å². The molecule has 0 unspecified atom stereocenters. The maximum absolute atomic E-state index is 4.00. The quantitative estimate of drug-likeness (QED) is 0.597. The van der Waals surface area contributed by atoms with Crippen LogP contribution in [0.15, 0.2) is 49.6 Å². The highest BCUT2D eigenvalue weighted by Crippen LogP contribution is 2.22. The van der Waals surface area contributed by atoms with Gasteiger partial charge in [-0.1, -0.05) is 75.6 Å². The van der Waals surface area contributed by atoms with Crippen molar-refractivity contribution in [1.82, 2.24) is 0 Å². The van der Waals surface area contributed by atoms with Crippen LogP contribution in [-0.2, 0) is 25.7 Å². The Morgan fingerprint density at radius 1 is 0.682 bits per heavy atom. The molecule has 0 nitrogen and oxygen atoms in total. The van der Waals surface area contributed by atoms with Crippen LogP contribution in [-0.4, -0.2) is 0 Å². The summed E-state index contributed by atoms with van der Waals surface area (Å²) in [6.07, 6.45) is 8.21. The molecule has 22 heavy (non-hydrogen) atoms. The molecular weight excluding hydrogens is 264 g/mol. The predicted molar refractivity (Wildman–Crippen MR) is 99.2 cm³/mol. The van der Waals surface area contributed by atoms with Gasteiger partial charge in [-0.3, -0.25) is 0 Å². The number of benzene rings is 2. The fourth-order valence-corrected chi connectivity index (χ4v) is 3.18. The number of rotatable bonds is 7. The summed E-state index contributed by atoms with van der Waals surface area (Å²) in [7, 11) is 0. The lowest BCUT2D eigenvalue weighted by Gasteiger charge is -2.13. The molecule has 2 rings (SSSR count). The molecule has 0 radical (unpaired) electrons. The van der Waals surface area contributed by atoms with Crippen LogP contribution in [0.25, 0.3) is 12.2 Å². The van der Waals surface area contributed by atoms with E-state index >= 15 is 0 Å². The first-order valence-corrected chi connectivity index (χ1v) is 8.21. The Labute approximate surface area is 135 Å². The van der Waals surface area contributed by atoms with Gasteiger partial charge in [0.25, 0.3) is 0 Å². The van der Waals surface area contributed by atoms with E-state index in [1.165, 1.54) is 33.4 Å². The van der Waals surface area contributed by atoms with Crippen molar-refractivity contribution in [3.8, 4) is 0 Å². The molecule has 0 N–H and O–H groups in total. The highest BCUT2D eigenvalue weighted by atomic mass is 14.1. The zero-order valence-corrected chi connectivity index (χ0v) is 13.9. The van der Waals surface area contributed by atoms with Gasteiger partial charge in [-0.2, -0.15) is 0 Å². The second-order valence-corrected chi connectivity index (χ2v) is 5.60. The van der Waals surface area contributed by atoms with Gasteiger partial charge < -0.3 is 0 Å². The van der Waals surface area contributed by atoms with Crippen molar-refractivity contribution in [2.75, 3.05) is 0 Å². The van der Waals surface area contributed by atoms with E-state index < -0.39 is 0 Å². The molecule has 0 atom stereocenters. The second-order valence-electron chi connectivity index (χ2n) is 5.60. The Balaban J connectivity index is 2.28. The van der Waals surface area contributed by atoms with Gasteiger partial charge in [0.2, 0.25) is 0 Å². The molecule has 0 amide bonds. The van der Waals surface area contributed by atoms with Crippen LogP contribution < -0.4 is 0 Å². The topological polar surface area (TPSA) is 0 Å². The van der Waals surface area contributed by atoms with Crippen LogP contribution in [0.3, 0.4) is 0 Å². The van der Waals surface area contributed by atoms with E-state index in [9.17, 15) is 0 Å². The Bertz CT molecular complexity index is 602. The minimum atomic E-state index is 1.04. The summed E-state index contributed by atoms with van der Waals surface area (Å²) in [5.74, 6) is 0. The third-order valence-corrected chi connectivity index (χ3v) is 4.41. The van der Waals surface area contributed by atoms with Gasteiger partial charge in [-0.05, 0) is 59.1 Å². The van der Waals surface area contributed by atoms with Gasteiger partial charge in [-0.25, -0.2) is 0 Å². The summed E-state index contributed by atoms with van der Waals surface area (Å²) in [5.41, 5.74) is 8.20. The second kappa shape index (κ2) is 7.79. The zero-order valence-electron chi connectivity index (χ0n) is 13.9.